The van der Waals surface area contributed by atoms with Crippen molar-refractivity contribution >= 4 is 11.9 Å². The van der Waals surface area contributed by atoms with E-state index in [2.05, 4.69) is 67.8 Å². The average molecular weight is 1260 g/mol. The SMILES string of the molecule is CCCCC/C=C\C/C=C\CCCCCCCC(=O)OCCCCCCCCCCCCCCC/C=C\C/C=C\CCCCCCCCCCCCCCCCCCCC(=O)NC(CO)C(O)/C=C/CCCCCCCCCCCCCCCCCCCCC. The van der Waals surface area contributed by atoms with E-state index in [-0.39, 0.29) is 18.5 Å². The Kier molecular flexibility index (Phi) is 76.9. The summed E-state index contributed by atoms with van der Waals surface area (Å²) in [5.74, 6) is -0.0566. The molecule has 0 bridgehead atoms. The summed E-state index contributed by atoms with van der Waals surface area (Å²) in [4.78, 5) is 24.6. The van der Waals surface area contributed by atoms with E-state index in [1.54, 1.807) is 6.08 Å². The van der Waals surface area contributed by atoms with Crippen LogP contribution in [0.1, 0.15) is 438 Å². The van der Waals surface area contributed by atoms with Crippen molar-refractivity contribution in [3.05, 3.63) is 60.8 Å². The van der Waals surface area contributed by atoms with Gasteiger partial charge < -0.3 is 20.3 Å². The fourth-order valence-electron chi connectivity index (χ4n) is 12.6. The highest BCUT2D eigenvalue weighted by Crippen LogP contribution is 2.19. The van der Waals surface area contributed by atoms with Crippen molar-refractivity contribution in [3.8, 4) is 0 Å². The smallest absolute Gasteiger partial charge is 0.305 e. The molecule has 0 rings (SSSR count). The van der Waals surface area contributed by atoms with Crippen LogP contribution < -0.4 is 5.32 Å². The lowest BCUT2D eigenvalue weighted by Gasteiger charge is -2.20. The molecule has 0 saturated carbocycles. The lowest BCUT2D eigenvalue weighted by molar-refractivity contribution is -0.143. The van der Waals surface area contributed by atoms with Gasteiger partial charge in [0, 0.05) is 12.8 Å². The Morgan fingerprint density at radius 1 is 0.311 bits per heavy atom. The Labute approximate surface area is 562 Å². The van der Waals surface area contributed by atoms with Crippen molar-refractivity contribution in [1.82, 2.24) is 5.32 Å². The minimum Gasteiger partial charge on any atom is -0.466 e. The minimum absolute atomic E-state index is 0.00469. The Morgan fingerprint density at radius 2 is 0.556 bits per heavy atom. The number of allylic oxidation sites excluding steroid dienone is 9. The molecule has 528 valence electrons. The standard InChI is InChI=1S/C84H157NO5/c1-3-5-7-9-11-13-15-17-19-20-21-39-42-45-49-52-56-60-64-68-72-76-82(87)81(80-86)85-83(88)77-73-69-65-61-57-53-50-46-43-40-37-35-33-31-29-27-25-23-22-24-26-28-30-32-34-36-38-41-44-47-51-55-59-63-67-71-75-79-90-84(89)78-74-70-66-62-58-54-48-18-16-14-12-10-8-6-4-2/h12,14,18,22,24,28,30,48,72,76,81-82,86-87H,3-11,13,15-17,19-21,23,25-27,29,31-47,49-71,73-75,77-80H2,1-2H3,(H,85,88)/b14-12-,24-22-,30-28-,48-18-,76-72+. The normalized spacial score (nSPS) is 12.8. The highest BCUT2D eigenvalue weighted by molar-refractivity contribution is 5.76. The highest BCUT2D eigenvalue weighted by atomic mass is 16.5. The van der Waals surface area contributed by atoms with Crippen LogP contribution in [0.25, 0.3) is 0 Å². The van der Waals surface area contributed by atoms with Gasteiger partial charge in [0.05, 0.1) is 25.4 Å². The molecule has 0 aliphatic heterocycles. The quantitative estimate of drug-likeness (QED) is 0.0320. The number of unbranched alkanes of at least 4 members (excludes halogenated alkanes) is 57. The van der Waals surface area contributed by atoms with Crippen molar-refractivity contribution in [2.24, 2.45) is 0 Å². The number of esters is 1. The van der Waals surface area contributed by atoms with Crippen LogP contribution in [0.15, 0.2) is 60.8 Å². The molecule has 6 heteroatoms. The molecule has 0 aliphatic rings. The van der Waals surface area contributed by atoms with E-state index in [9.17, 15) is 19.8 Å². The Hall–Kier alpha value is -2.44. The van der Waals surface area contributed by atoms with Gasteiger partial charge in [-0.1, -0.05) is 389 Å². The number of carbonyl (C=O) groups excluding carboxylic acids is 2. The fourth-order valence-corrected chi connectivity index (χ4v) is 12.6. The number of carbonyl (C=O) groups is 2. The number of rotatable bonds is 76. The molecular formula is C84H157NO5. The van der Waals surface area contributed by atoms with E-state index in [1.807, 2.05) is 6.08 Å². The van der Waals surface area contributed by atoms with Crippen LogP contribution in [0.3, 0.4) is 0 Å². The molecule has 0 aromatic rings. The summed E-state index contributed by atoms with van der Waals surface area (Å²) in [6.07, 6.45) is 106. The van der Waals surface area contributed by atoms with E-state index in [4.69, 9.17) is 4.74 Å². The second kappa shape index (κ2) is 79.0. The molecule has 2 atom stereocenters. The second-order valence-electron chi connectivity index (χ2n) is 27.7. The van der Waals surface area contributed by atoms with Crippen molar-refractivity contribution in [3.63, 3.8) is 0 Å². The molecule has 0 radical (unpaired) electrons. The van der Waals surface area contributed by atoms with Gasteiger partial charge in [-0.25, -0.2) is 0 Å². The molecule has 0 aromatic heterocycles. The Balaban J connectivity index is 3.39. The Bertz CT molecular complexity index is 1550. The van der Waals surface area contributed by atoms with Gasteiger partial charge in [-0.05, 0) is 96.3 Å². The monoisotopic (exact) mass is 1260 g/mol. The molecule has 0 spiro atoms. The summed E-state index contributed by atoms with van der Waals surface area (Å²) in [7, 11) is 0. The van der Waals surface area contributed by atoms with Crippen LogP contribution in [-0.4, -0.2) is 47.4 Å². The number of hydrogen-bond donors (Lipinski definition) is 3. The fraction of sp³-hybridized carbons (Fsp3) is 0.857. The van der Waals surface area contributed by atoms with Gasteiger partial charge in [0.2, 0.25) is 5.91 Å². The number of nitrogens with one attached hydrogen (secondary N) is 1. The van der Waals surface area contributed by atoms with Gasteiger partial charge in [-0.15, -0.1) is 0 Å². The van der Waals surface area contributed by atoms with Crippen molar-refractivity contribution in [2.45, 2.75) is 450 Å². The molecule has 0 fully saturated rings. The van der Waals surface area contributed by atoms with E-state index in [0.29, 0.717) is 19.4 Å². The molecular weight excluding hydrogens is 1100 g/mol. The van der Waals surface area contributed by atoms with E-state index < -0.39 is 12.1 Å². The second-order valence-corrected chi connectivity index (χ2v) is 27.7. The van der Waals surface area contributed by atoms with Gasteiger partial charge >= 0.3 is 5.97 Å². The third-order valence-corrected chi connectivity index (χ3v) is 18.8. The van der Waals surface area contributed by atoms with Crippen molar-refractivity contribution in [2.75, 3.05) is 13.2 Å². The number of hydrogen-bond acceptors (Lipinski definition) is 5. The van der Waals surface area contributed by atoms with E-state index >= 15 is 0 Å². The maximum absolute atomic E-state index is 12.5. The van der Waals surface area contributed by atoms with Gasteiger partial charge in [-0.3, -0.25) is 9.59 Å². The van der Waals surface area contributed by atoms with Crippen LogP contribution in [0.4, 0.5) is 0 Å². The summed E-state index contributed by atoms with van der Waals surface area (Å²) in [5.41, 5.74) is 0. The number of ether oxygens (including phenoxy) is 1. The zero-order chi connectivity index (χ0) is 64.9. The molecule has 0 saturated heterocycles. The largest absolute Gasteiger partial charge is 0.466 e. The molecule has 1 amide bonds. The maximum Gasteiger partial charge on any atom is 0.305 e. The van der Waals surface area contributed by atoms with Crippen LogP contribution in [0.5, 0.6) is 0 Å². The molecule has 3 N–H and O–H groups in total. The van der Waals surface area contributed by atoms with E-state index in [0.717, 1.165) is 57.8 Å². The molecule has 2 unspecified atom stereocenters. The predicted octanol–water partition coefficient (Wildman–Crippen LogP) is 26.9. The first kappa shape index (κ1) is 87.6. The summed E-state index contributed by atoms with van der Waals surface area (Å²) >= 11 is 0. The summed E-state index contributed by atoms with van der Waals surface area (Å²) in [6, 6.07) is -0.628. The molecule has 0 aliphatic carbocycles. The summed E-state index contributed by atoms with van der Waals surface area (Å²) in [5, 5.41) is 23.3. The van der Waals surface area contributed by atoms with Crippen molar-refractivity contribution in [1.29, 1.82) is 0 Å². The van der Waals surface area contributed by atoms with E-state index in [1.165, 1.54) is 353 Å². The van der Waals surface area contributed by atoms with Crippen LogP contribution in [-0.2, 0) is 14.3 Å². The predicted molar refractivity (Wildman–Crippen MR) is 398 cm³/mol. The van der Waals surface area contributed by atoms with Crippen molar-refractivity contribution < 1.29 is 24.5 Å². The van der Waals surface area contributed by atoms with Crippen LogP contribution >= 0.6 is 0 Å². The molecule has 0 aromatic carbocycles. The topological polar surface area (TPSA) is 95.9 Å². The number of aliphatic hydroxyl groups is 2. The van der Waals surface area contributed by atoms with Crippen LogP contribution in [0, 0.1) is 0 Å². The number of aliphatic hydroxyl groups excluding tert-OH is 2. The maximum atomic E-state index is 12.5. The summed E-state index contributed by atoms with van der Waals surface area (Å²) in [6.45, 7) is 4.91. The van der Waals surface area contributed by atoms with Gasteiger partial charge in [0.25, 0.3) is 0 Å². The molecule has 90 heavy (non-hydrogen) atoms. The Morgan fingerprint density at radius 3 is 0.867 bits per heavy atom. The summed E-state index contributed by atoms with van der Waals surface area (Å²) < 4.78 is 5.49. The molecule has 0 heterocycles. The lowest BCUT2D eigenvalue weighted by atomic mass is 10.0. The minimum atomic E-state index is -0.845. The van der Waals surface area contributed by atoms with Gasteiger partial charge in [0.15, 0.2) is 0 Å². The first-order valence-electron chi connectivity index (χ1n) is 40.6. The number of amides is 1. The van der Waals surface area contributed by atoms with Gasteiger partial charge in [-0.2, -0.15) is 0 Å². The van der Waals surface area contributed by atoms with Crippen LogP contribution in [0.2, 0.25) is 0 Å². The molecule has 6 nitrogen and oxygen atoms in total. The van der Waals surface area contributed by atoms with Gasteiger partial charge in [0.1, 0.15) is 0 Å². The first-order valence-corrected chi connectivity index (χ1v) is 40.6. The third-order valence-electron chi connectivity index (χ3n) is 18.8. The third kappa shape index (κ3) is 74.6. The highest BCUT2D eigenvalue weighted by Gasteiger charge is 2.18. The lowest BCUT2D eigenvalue weighted by Crippen LogP contribution is -2.45. The zero-order valence-electron chi connectivity index (χ0n) is 60.6. The average Bonchev–Trinajstić information content (AvgIpc) is 3.68. The zero-order valence-corrected chi connectivity index (χ0v) is 60.6. The first-order chi connectivity index (χ1) is 44.5.